The normalized spacial score (nSPS) is 12.0. The number of unbranched alkanes of at least 4 members (excludes halogenated alkanes) is 19. The second-order valence-corrected chi connectivity index (χ2v) is 11.9. The van der Waals surface area contributed by atoms with E-state index in [0.717, 1.165) is 6.61 Å². The van der Waals surface area contributed by atoms with Crippen LogP contribution in [-0.4, -0.2) is 48.0 Å². The molecule has 0 aliphatic carbocycles. The van der Waals surface area contributed by atoms with E-state index in [1.165, 1.54) is 158 Å². The summed E-state index contributed by atoms with van der Waals surface area (Å²) >= 11 is 0. The van der Waals surface area contributed by atoms with Crippen LogP contribution in [0.3, 0.4) is 0 Å². The Hall–Kier alpha value is 0.137. The molecule has 0 rings (SSSR count). The summed E-state index contributed by atoms with van der Waals surface area (Å²) in [6.45, 7) is 7.91. The lowest BCUT2D eigenvalue weighted by Gasteiger charge is -2.29. The smallest absolute Gasteiger partial charge is 0.229 e. The van der Waals surface area contributed by atoms with E-state index in [0.29, 0.717) is 9.76 Å². The standard InChI is InChI=1S/C29H62NOSi/c1-5-7-8-9-10-11-12-13-14-15-16-17-18-19-20-21-22-23-24-25-27-30(3,4)28-26-29-32-31-6-2/h5-29H2,1-4H3/q+1. The quantitative estimate of drug-likeness (QED) is 0.0662. The van der Waals surface area contributed by atoms with Gasteiger partial charge in [-0.3, -0.25) is 0 Å². The lowest BCUT2D eigenvalue weighted by atomic mass is 10.0. The third kappa shape index (κ3) is 26.4. The summed E-state index contributed by atoms with van der Waals surface area (Å²) in [5.41, 5.74) is 0. The van der Waals surface area contributed by atoms with Crippen molar-refractivity contribution in [3.63, 3.8) is 0 Å². The summed E-state index contributed by atoms with van der Waals surface area (Å²) < 4.78 is 6.66. The molecule has 0 fully saturated rings. The summed E-state index contributed by atoms with van der Waals surface area (Å²) in [4.78, 5) is 0. The molecule has 0 aromatic rings. The Balaban J connectivity index is 3.18. The zero-order chi connectivity index (χ0) is 23.6. The van der Waals surface area contributed by atoms with E-state index in [1.54, 1.807) is 0 Å². The van der Waals surface area contributed by atoms with E-state index in [9.17, 15) is 0 Å². The maximum Gasteiger partial charge on any atom is 0.229 e. The molecule has 0 amide bonds. The summed E-state index contributed by atoms with van der Waals surface area (Å²) in [5, 5.41) is 0. The first-order valence-corrected chi connectivity index (χ1v) is 15.9. The van der Waals surface area contributed by atoms with Crippen molar-refractivity contribution in [2.24, 2.45) is 0 Å². The maximum atomic E-state index is 5.47. The van der Waals surface area contributed by atoms with Crippen LogP contribution in [0.4, 0.5) is 0 Å². The first-order chi connectivity index (χ1) is 15.6. The number of rotatable bonds is 27. The van der Waals surface area contributed by atoms with Crippen LogP contribution < -0.4 is 0 Å². The van der Waals surface area contributed by atoms with Crippen molar-refractivity contribution >= 4 is 9.76 Å². The summed E-state index contributed by atoms with van der Waals surface area (Å²) in [6.07, 6.45) is 30.6. The third-order valence-electron chi connectivity index (χ3n) is 6.91. The lowest BCUT2D eigenvalue weighted by Crippen LogP contribution is -2.41. The van der Waals surface area contributed by atoms with Crippen molar-refractivity contribution in [1.82, 2.24) is 0 Å². The highest BCUT2D eigenvalue weighted by Gasteiger charge is 2.13. The molecule has 0 bridgehead atoms. The van der Waals surface area contributed by atoms with E-state index >= 15 is 0 Å². The van der Waals surface area contributed by atoms with E-state index in [-0.39, 0.29) is 0 Å². The van der Waals surface area contributed by atoms with Crippen molar-refractivity contribution in [1.29, 1.82) is 0 Å². The maximum absolute atomic E-state index is 5.47. The highest BCUT2D eigenvalue weighted by Crippen LogP contribution is 2.15. The van der Waals surface area contributed by atoms with Crippen LogP contribution in [0.1, 0.15) is 149 Å². The molecule has 0 heterocycles. The van der Waals surface area contributed by atoms with E-state index in [4.69, 9.17) is 4.43 Å². The van der Waals surface area contributed by atoms with Gasteiger partial charge in [0.05, 0.1) is 27.2 Å². The van der Waals surface area contributed by atoms with Gasteiger partial charge in [0.25, 0.3) is 0 Å². The van der Waals surface area contributed by atoms with Crippen molar-refractivity contribution in [2.45, 2.75) is 155 Å². The van der Waals surface area contributed by atoms with Crippen LogP contribution >= 0.6 is 0 Å². The van der Waals surface area contributed by atoms with Gasteiger partial charge in [-0.1, -0.05) is 122 Å². The van der Waals surface area contributed by atoms with Crippen LogP contribution in [0.25, 0.3) is 0 Å². The number of hydrogen-bond acceptors (Lipinski definition) is 1. The van der Waals surface area contributed by atoms with E-state index < -0.39 is 0 Å². The van der Waals surface area contributed by atoms with Gasteiger partial charge in [-0.05, 0) is 32.2 Å². The number of hydrogen-bond donors (Lipinski definition) is 0. The van der Waals surface area contributed by atoms with Gasteiger partial charge in [0.1, 0.15) is 0 Å². The molecule has 0 spiro atoms. The first-order valence-electron chi connectivity index (χ1n) is 14.8. The van der Waals surface area contributed by atoms with Gasteiger partial charge in [-0.2, -0.15) is 0 Å². The Morgan fingerprint density at radius 3 is 1.19 bits per heavy atom. The Bertz CT molecular complexity index is 348. The molecule has 0 aromatic carbocycles. The molecule has 2 nitrogen and oxygen atoms in total. The molecule has 0 saturated carbocycles. The third-order valence-corrected chi connectivity index (χ3v) is 7.96. The van der Waals surface area contributed by atoms with Crippen LogP contribution in [0.2, 0.25) is 6.04 Å². The zero-order valence-corrected chi connectivity index (χ0v) is 24.0. The second kappa shape index (κ2) is 25.8. The number of nitrogens with zero attached hydrogens (tertiary/aromatic N) is 1. The molecular weight excluding hydrogens is 406 g/mol. The Kier molecular flexibility index (Phi) is 25.9. The Morgan fingerprint density at radius 1 is 0.469 bits per heavy atom. The molecule has 2 radical (unpaired) electrons. The van der Waals surface area contributed by atoms with Gasteiger partial charge in [-0.15, -0.1) is 0 Å². The molecule has 3 heteroatoms. The van der Waals surface area contributed by atoms with Crippen molar-refractivity contribution < 1.29 is 8.91 Å². The van der Waals surface area contributed by atoms with Crippen molar-refractivity contribution in [3.8, 4) is 0 Å². The highest BCUT2D eigenvalue weighted by atomic mass is 28.2. The lowest BCUT2D eigenvalue weighted by molar-refractivity contribution is -0.890. The first kappa shape index (κ1) is 32.1. The van der Waals surface area contributed by atoms with Crippen LogP contribution in [0.5, 0.6) is 0 Å². The molecule has 0 unspecified atom stereocenters. The van der Waals surface area contributed by atoms with Gasteiger partial charge in [0.15, 0.2) is 0 Å². The average molecular weight is 469 g/mol. The summed E-state index contributed by atoms with van der Waals surface area (Å²) in [7, 11) is 5.51. The molecule has 0 aliphatic heterocycles. The van der Waals surface area contributed by atoms with Gasteiger partial charge in [0, 0.05) is 6.61 Å². The van der Waals surface area contributed by atoms with Crippen LogP contribution in [0, 0.1) is 0 Å². The molecular formula is C29H62NOSi+. The molecule has 0 N–H and O–H groups in total. The number of quaternary nitrogens is 1. The van der Waals surface area contributed by atoms with Crippen molar-refractivity contribution in [2.75, 3.05) is 33.8 Å². The molecule has 0 atom stereocenters. The van der Waals surface area contributed by atoms with Gasteiger partial charge < -0.3 is 8.91 Å². The molecule has 32 heavy (non-hydrogen) atoms. The minimum Gasteiger partial charge on any atom is -0.418 e. The largest absolute Gasteiger partial charge is 0.418 e. The highest BCUT2D eigenvalue weighted by molar-refractivity contribution is 6.26. The van der Waals surface area contributed by atoms with Crippen LogP contribution in [0.15, 0.2) is 0 Å². The average Bonchev–Trinajstić information content (AvgIpc) is 2.77. The SMILES string of the molecule is CCCCCCCCCCCCCCCCCCCCCC[N+](C)(C)CCC[Si]OCC. The molecule has 0 saturated heterocycles. The van der Waals surface area contributed by atoms with Gasteiger partial charge in [-0.25, -0.2) is 0 Å². The fraction of sp³-hybridized carbons (Fsp3) is 1.00. The second-order valence-electron chi connectivity index (χ2n) is 10.8. The Morgan fingerprint density at radius 2 is 0.812 bits per heavy atom. The monoisotopic (exact) mass is 468 g/mol. The summed E-state index contributed by atoms with van der Waals surface area (Å²) in [5.74, 6) is 0. The Labute approximate surface area is 207 Å². The zero-order valence-electron chi connectivity index (χ0n) is 23.0. The van der Waals surface area contributed by atoms with E-state index in [2.05, 4.69) is 27.9 Å². The predicted octanol–water partition coefficient (Wildman–Crippen LogP) is 9.35. The van der Waals surface area contributed by atoms with Gasteiger partial charge in [0.2, 0.25) is 9.76 Å². The fourth-order valence-electron chi connectivity index (χ4n) is 4.66. The predicted molar refractivity (Wildman–Crippen MR) is 147 cm³/mol. The van der Waals surface area contributed by atoms with Gasteiger partial charge >= 0.3 is 0 Å². The summed E-state index contributed by atoms with van der Waals surface area (Å²) in [6, 6.07) is 1.24. The minimum absolute atomic E-state index is 0.708. The van der Waals surface area contributed by atoms with Crippen LogP contribution in [-0.2, 0) is 4.43 Å². The molecule has 0 aromatic heterocycles. The topological polar surface area (TPSA) is 9.23 Å². The van der Waals surface area contributed by atoms with Crippen molar-refractivity contribution in [3.05, 3.63) is 0 Å². The molecule has 192 valence electrons. The minimum atomic E-state index is 0.708. The molecule has 0 aliphatic rings. The van der Waals surface area contributed by atoms with E-state index in [1.807, 2.05) is 0 Å². The fourth-order valence-corrected chi connectivity index (χ4v) is 5.31.